The standard InChI is InChI=1S/C22H20Cl2N6O2/c1-14-9-17(10-15(2)20(14)24)32-13-29-8-7-19(27-29)21(31)26-22-25-12-30(28-22)11-16-5-3-4-6-18(16)23/h3-10,12H,11,13H2,1-2H3,(H,26,28,31). The Bertz CT molecular complexity index is 1240. The molecule has 2 aromatic carbocycles. The highest BCUT2D eigenvalue weighted by Gasteiger charge is 2.13. The lowest BCUT2D eigenvalue weighted by Gasteiger charge is -2.10. The van der Waals surface area contributed by atoms with Gasteiger partial charge in [0.05, 0.1) is 6.54 Å². The van der Waals surface area contributed by atoms with E-state index in [2.05, 4.69) is 20.5 Å². The average Bonchev–Trinajstić information content (AvgIpc) is 3.42. The van der Waals surface area contributed by atoms with Gasteiger partial charge in [0, 0.05) is 16.2 Å². The van der Waals surface area contributed by atoms with Crippen LogP contribution in [0.1, 0.15) is 27.2 Å². The molecule has 0 aliphatic rings. The molecule has 0 aliphatic carbocycles. The molecule has 0 unspecified atom stereocenters. The third kappa shape index (κ3) is 5.09. The fraction of sp³-hybridized carbons (Fsp3) is 0.182. The van der Waals surface area contributed by atoms with Crippen LogP contribution in [-0.4, -0.2) is 30.5 Å². The number of nitrogens with zero attached hydrogens (tertiary/aromatic N) is 5. The number of aromatic nitrogens is 5. The van der Waals surface area contributed by atoms with Crippen LogP contribution in [0.25, 0.3) is 0 Å². The van der Waals surface area contributed by atoms with Crippen molar-refractivity contribution in [3.05, 3.63) is 87.4 Å². The van der Waals surface area contributed by atoms with Gasteiger partial charge in [-0.25, -0.2) is 14.3 Å². The fourth-order valence-corrected chi connectivity index (χ4v) is 3.38. The molecule has 8 nitrogen and oxygen atoms in total. The second kappa shape index (κ2) is 9.42. The van der Waals surface area contributed by atoms with Crippen LogP contribution in [0, 0.1) is 13.8 Å². The molecular weight excluding hydrogens is 451 g/mol. The van der Waals surface area contributed by atoms with Gasteiger partial charge < -0.3 is 4.74 Å². The number of nitrogens with one attached hydrogen (secondary N) is 1. The van der Waals surface area contributed by atoms with Crippen molar-refractivity contribution in [1.29, 1.82) is 0 Å². The summed E-state index contributed by atoms with van der Waals surface area (Å²) < 4.78 is 8.88. The van der Waals surface area contributed by atoms with E-state index in [0.717, 1.165) is 21.7 Å². The Kier molecular flexibility index (Phi) is 6.43. The number of anilines is 1. The molecule has 1 N–H and O–H groups in total. The first-order chi connectivity index (χ1) is 15.4. The lowest BCUT2D eigenvalue weighted by molar-refractivity contribution is 0.101. The van der Waals surface area contributed by atoms with Crippen LogP contribution in [-0.2, 0) is 13.3 Å². The average molecular weight is 471 g/mol. The molecule has 0 saturated heterocycles. The molecule has 32 heavy (non-hydrogen) atoms. The van der Waals surface area contributed by atoms with Crippen LogP contribution in [0.5, 0.6) is 5.75 Å². The molecule has 2 aromatic heterocycles. The van der Waals surface area contributed by atoms with Gasteiger partial charge >= 0.3 is 0 Å². The van der Waals surface area contributed by atoms with Crippen LogP contribution in [0.3, 0.4) is 0 Å². The maximum atomic E-state index is 12.5. The summed E-state index contributed by atoms with van der Waals surface area (Å²) in [5, 5.41) is 12.5. The Morgan fingerprint density at radius 3 is 2.56 bits per heavy atom. The van der Waals surface area contributed by atoms with E-state index in [0.29, 0.717) is 17.3 Å². The van der Waals surface area contributed by atoms with Crippen molar-refractivity contribution < 1.29 is 9.53 Å². The zero-order valence-corrected chi connectivity index (χ0v) is 18.9. The van der Waals surface area contributed by atoms with Gasteiger partial charge in [-0.3, -0.25) is 10.1 Å². The number of amides is 1. The topological polar surface area (TPSA) is 86.9 Å². The first kappa shape index (κ1) is 21.9. The molecule has 0 bridgehead atoms. The lowest BCUT2D eigenvalue weighted by atomic mass is 10.1. The Morgan fingerprint density at radius 1 is 1.06 bits per heavy atom. The van der Waals surface area contributed by atoms with Gasteiger partial charge in [-0.15, -0.1) is 5.10 Å². The Hall–Kier alpha value is -3.36. The van der Waals surface area contributed by atoms with Gasteiger partial charge in [0.1, 0.15) is 12.1 Å². The minimum atomic E-state index is -0.419. The number of carbonyl (C=O) groups excluding carboxylic acids is 1. The van der Waals surface area contributed by atoms with E-state index in [1.807, 2.05) is 50.2 Å². The molecule has 0 aliphatic heterocycles. The first-order valence-electron chi connectivity index (χ1n) is 9.76. The molecule has 0 fully saturated rings. The van der Waals surface area contributed by atoms with Crippen molar-refractivity contribution in [2.24, 2.45) is 0 Å². The third-order valence-corrected chi connectivity index (χ3v) is 5.66. The van der Waals surface area contributed by atoms with Crippen molar-refractivity contribution in [2.75, 3.05) is 5.32 Å². The zero-order valence-electron chi connectivity index (χ0n) is 17.4. The predicted molar refractivity (Wildman–Crippen MR) is 122 cm³/mol. The molecule has 2 heterocycles. The Labute approximate surface area is 194 Å². The Balaban J connectivity index is 1.35. The monoisotopic (exact) mass is 470 g/mol. The van der Waals surface area contributed by atoms with E-state index in [-0.39, 0.29) is 18.4 Å². The summed E-state index contributed by atoms with van der Waals surface area (Å²) in [6.45, 7) is 4.43. The normalized spacial score (nSPS) is 10.9. The van der Waals surface area contributed by atoms with E-state index in [1.165, 1.54) is 11.0 Å². The molecule has 0 spiro atoms. The maximum absolute atomic E-state index is 12.5. The summed E-state index contributed by atoms with van der Waals surface area (Å²) in [6, 6.07) is 12.8. The zero-order chi connectivity index (χ0) is 22.7. The van der Waals surface area contributed by atoms with Crippen LogP contribution in [0.15, 0.2) is 55.0 Å². The lowest BCUT2D eigenvalue weighted by Crippen LogP contribution is -2.15. The predicted octanol–water partition coefficient (Wildman–Crippen LogP) is 4.74. The molecule has 0 atom stereocenters. The highest BCUT2D eigenvalue weighted by molar-refractivity contribution is 6.32. The molecule has 4 rings (SSSR count). The molecule has 10 heteroatoms. The van der Waals surface area contributed by atoms with Gasteiger partial charge in [-0.2, -0.15) is 5.10 Å². The number of carbonyl (C=O) groups is 1. The van der Waals surface area contributed by atoms with Crippen LogP contribution < -0.4 is 10.1 Å². The van der Waals surface area contributed by atoms with Crippen LogP contribution in [0.4, 0.5) is 5.95 Å². The van der Waals surface area contributed by atoms with Gasteiger partial charge in [0.25, 0.3) is 5.91 Å². The molecule has 0 saturated carbocycles. The van der Waals surface area contributed by atoms with E-state index in [9.17, 15) is 4.79 Å². The number of halogens is 2. The number of rotatable bonds is 7. The van der Waals surface area contributed by atoms with Crippen molar-refractivity contribution in [3.63, 3.8) is 0 Å². The van der Waals surface area contributed by atoms with Gasteiger partial charge in [0.15, 0.2) is 12.4 Å². The van der Waals surface area contributed by atoms with Crippen molar-refractivity contribution in [3.8, 4) is 5.75 Å². The SMILES string of the molecule is Cc1cc(OCn2ccc(C(=O)Nc3ncn(Cc4ccccc4Cl)n3)n2)cc(C)c1Cl. The number of hydrogen-bond donors (Lipinski definition) is 1. The number of aryl methyl sites for hydroxylation is 2. The van der Waals surface area contributed by atoms with Gasteiger partial charge in [0.2, 0.25) is 5.95 Å². The second-order valence-corrected chi connectivity index (χ2v) is 7.98. The highest BCUT2D eigenvalue weighted by Crippen LogP contribution is 2.26. The Morgan fingerprint density at radius 2 is 1.81 bits per heavy atom. The van der Waals surface area contributed by atoms with Gasteiger partial charge in [-0.1, -0.05) is 41.4 Å². The third-order valence-electron chi connectivity index (χ3n) is 4.70. The van der Waals surface area contributed by atoms with Crippen molar-refractivity contribution >= 4 is 35.1 Å². The summed E-state index contributed by atoms with van der Waals surface area (Å²) in [4.78, 5) is 16.6. The van der Waals surface area contributed by atoms with E-state index in [1.54, 1.807) is 16.9 Å². The smallest absolute Gasteiger partial charge is 0.278 e. The maximum Gasteiger partial charge on any atom is 0.278 e. The summed E-state index contributed by atoms with van der Waals surface area (Å²) in [5.41, 5.74) is 2.99. The summed E-state index contributed by atoms with van der Waals surface area (Å²) in [5.74, 6) is 0.441. The molecule has 4 aromatic rings. The van der Waals surface area contributed by atoms with E-state index >= 15 is 0 Å². The largest absolute Gasteiger partial charge is 0.471 e. The highest BCUT2D eigenvalue weighted by atomic mass is 35.5. The minimum Gasteiger partial charge on any atom is -0.471 e. The molecule has 0 radical (unpaired) electrons. The fourth-order valence-electron chi connectivity index (χ4n) is 3.08. The van der Waals surface area contributed by atoms with Crippen LogP contribution in [0.2, 0.25) is 10.0 Å². The van der Waals surface area contributed by atoms with E-state index < -0.39 is 5.91 Å². The molecular formula is C22H20Cl2N6O2. The summed E-state index contributed by atoms with van der Waals surface area (Å²) >= 11 is 12.4. The van der Waals surface area contributed by atoms with Crippen molar-refractivity contribution in [2.45, 2.75) is 27.1 Å². The number of hydrogen-bond acceptors (Lipinski definition) is 5. The van der Waals surface area contributed by atoms with Gasteiger partial charge in [-0.05, 0) is 54.8 Å². The summed E-state index contributed by atoms with van der Waals surface area (Å²) in [6.07, 6.45) is 3.19. The number of ether oxygens (including phenoxy) is 1. The summed E-state index contributed by atoms with van der Waals surface area (Å²) in [7, 11) is 0. The minimum absolute atomic E-state index is 0.151. The quantitative estimate of drug-likeness (QED) is 0.421. The molecule has 164 valence electrons. The number of benzene rings is 2. The van der Waals surface area contributed by atoms with E-state index in [4.69, 9.17) is 27.9 Å². The molecule has 1 amide bonds. The van der Waals surface area contributed by atoms with Crippen LogP contribution >= 0.6 is 23.2 Å². The van der Waals surface area contributed by atoms with Crippen molar-refractivity contribution in [1.82, 2.24) is 24.5 Å². The second-order valence-electron chi connectivity index (χ2n) is 7.20. The first-order valence-corrected chi connectivity index (χ1v) is 10.5.